The van der Waals surface area contributed by atoms with Gasteiger partial charge in [-0.3, -0.25) is 4.79 Å². The Balaban J connectivity index is 2.36. The van der Waals surface area contributed by atoms with Gasteiger partial charge in [0, 0.05) is 23.5 Å². The second-order valence-electron chi connectivity index (χ2n) is 6.06. The van der Waals surface area contributed by atoms with Crippen molar-refractivity contribution in [3.8, 4) is 0 Å². The first-order valence-electron chi connectivity index (χ1n) is 6.19. The summed E-state index contributed by atoms with van der Waals surface area (Å²) in [5, 5.41) is 0. The van der Waals surface area contributed by atoms with Gasteiger partial charge in [0.25, 0.3) is 5.91 Å². The topological polar surface area (TPSA) is 49.0 Å². The third kappa shape index (κ3) is 2.08. The van der Waals surface area contributed by atoms with E-state index in [9.17, 15) is 4.79 Å². The van der Waals surface area contributed by atoms with Crippen LogP contribution in [0.2, 0.25) is 0 Å². The number of hydrogen-bond acceptors (Lipinski definition) is 2. The molecule has 1 aliphatic heterocycles. The van der Waals surface area contributed by atoms with E-state index in [1.165, 1.54) is 6.42 Å². The van der Waals surface area contributed by atoms with Gasteiger partial charge in [-0.1, -0.05) is 0 Å². The molecule has 1 N–H and O–H groups in total. The van der Waals surface area contributed by atoms with E-state index in [1.54, 1.807) is 12.4 Å². The van der Waals surface area contributed by atoms with Gasteiger partial charge in [-0.05, 0) is 47.0 Å². The van der Waals surface area contributed by atoms with E-state index in [0.717, 1.165) is 12.8 Å². The number of amides is 1. The van der Waals surface area contributed by atoms with Crippen molar-refractivity contribution in [3.63, 3.8) is 0 Å². The molecule has 0 spiro atoms. The fourth-order valence-corrected chi connectivity index (χ4v) is 3.03. The molecule has 0 radical (unpaired) electrons. The molecule has 2 rings (SSSR count). The molecular formula is C13H21N3O. The SMILES string of the molecule is CC1(C)CCCC(C)(C)N1C(=O)c1ncc[nH]1. The normalized spacial score (nSPS) is 22.5. The maximum atomic E-state index is 12.5. The van der Waals surface area contributed by atoms with Crippen LogP contribution in [-0.2, 0) is 0 Å². The van der Waals surface area contributed by atoms with Crippen LogP contribution < -0.4 is 0 Å². The molecule has 4 heteroatoms. The maximum absolute atomic E-state index is 12.5. The molecule has 0 bridgehead atoms. The Hall–Kier alpha value is -1.32. The maximum Gasteiger partial charge on any atom is 0.290 e. The van der Waals surface area contributed by atoms with Gasteiger partial charge in [0.05, 0.1) is 0 Å². The molecule has 2 heterocycles. The summed E-state index contributed by atoms with van der Waals surface area (Å²) in [4.78, 5) is 21.5. The fraction of sp³-hybridized carbons (Fsp3) is 0.692. The van der Waals surface area contributed by atoms with Gasteiger partial charge in [0.1, 0.15) is 0 Å². The number of likely N-dealkylation sites (tertiary alicyclic amines) is 1. The average Bonchev–Trinajstić information content (AvgIpc) is 2.66. The zero-order valence-electron chi connectivity index (χ0n) is 11.1. The van der Waals surface area contributed by atoms with E-state index in [4.69, 9.17) is 0 Å². The van der Waals surface area contributed by atoms with Crippen molar-refractivity contribution >= 4 is 5.91 Å². The highest BCUT2D eigenvalue weighted by Crippen LogP contribution is 2.38. The fourth-order valence-electron chi connectivity index (χ4n) is 3.03. The van der Waals surface area contributed by atoms with Gasteiger partial charge in [0.2, 0.25) is 0 Å². The van der Waals surface area contributed by atoms with Gasteiger partial charge in [-0.2, -0.15) is 0 Å². The van der Waals surface area contributed by atoms with E-state index >= 15 is 0 Å². The minimum Gasteiger partial charge on any atom is -0.341 e. The van der Waals surface area contributed by atoms with Crippen molar-refractivity contribution in [2.45, 2.75) is 58.0 Å². The number of aromatic nitrogens is 2. The van der Waals surface area contributed by atoms with Crippen LogP contribution >= 0.6 is 0 Å². The zero-order valence-corrected chi connectivity index (χ0v) is 11.1. The van der Waals surface area contributed by atoms with Crippen LogP contribution in [-0.4, -0.2) is 31.9 Å². The Labute approximate surface area is 102 Å². The number of H-pyrrole nitrogens is 1. The molecule has 17 heavy (non-hydrogen) atoms. The lowest BCUT2D eigenvalue weighted by Gasteiger charge is -2.52. The molecule has 0 unspecified atom stereocenters. The Morgan fingerprint density at radius 3 is 2.35 bits per heavy atom. The molecule has 1 fully saturated rings. The first kappa shape index (κ1) is 12.1. The number of hydrogen-bond donors (Lipinski definition) is 1. The van der Waals surface area contributed by atoms with Crippen LogP contribution in [0.3, 0.4) is 0 Å². The number of nitrogens with zero attached hydrogens (tertiary/aromatic N) is 2. The number of nitrogens with one attached hydrogen (secondary N) is 1. The second-order valence-corrected chi connectivity index (χ2v) is 6.06. The number of carbonyl (C=O) groups excluding carboxylic acids is 1. The summed E-state index contributed by atoms with van der Waals surface area (Å²) in [6.07, 6.45) is 6.57. The van der Waals surface area contributed by atoms with Crippen LogP contribution in [0.5, 0.6) is 0 Å². The molecule has 0 atom stereocenters. The van der Waals surface area contributed by atoms with E-state index < -0.39 is 0 Å². The largest absolute Gasteiger partial charge is 0.341 e. The van der Waals surface area contributed by atoms with Gasteiger partial charge in [0.15, 0.2) is 5.82 Å². The van der Waals surface area contributed by atoms with Crippen LogP contribution in [0.25, 0.3) is 0 Å². The van der Waals surface area contributed by atoms with Gasteiger partial charge in [-0.25, -0.2) is 4.98 Å². The standard InChI is InChI=1S/C13H21N3O/c1-12(2)6-5-7-13(3,4)16(12)11(17)10-14-8-9-15-10/h8-9H,5-7H2,1-4H3,(H,14,15). The minimum atomic E-state index is -0.106. The Bertz CT molecular complexity index is 390. The molecule has 0 aliphatic carbocycles. The zero-order chi connectivity index (χ0) is 12.7. The Morgan fingerprint density at radius 1 is 1.29 bits per heavy atom. The number of imidazole rings is 1. The molecule has 4 nitrogen and oxygen atoms in total. The first-order chi connectivity index (χ1) is 7.84. The van der Waals surface area contributed by atoms with Crippen molar-refractivity contribution in [2.24, 2.45) is 0 Å². The lowest BCUT2D eigenvalue weighted by molar-refractivity contribution is -0.0120. The summed E-state index contributed by atoms with van der Waals surface area (Å²) in [5.41, 5.74) is -0.211. The second kappa shape index (κ2) is 3.86. The first-order valence-corrected chi connectivity index (χ1v) is 6.19. The number of piperidine rings is 1. The molecule has 1 aromatic rings. The molecule has 1 amide bonds. The smallest absolute Gasteiger partial charge is 0.290 e. The Morgan fingerprint density at radius 2 is 1.88 bits per heavy atom. The van der Waals surface area contributed by atoms with Crippen molar-refractivity contribution in [1.82, 2.24) is 14.9 Å². The molecule has 94 valence electrons. The Kier molecular flexibility index (Phi) is 2.76. The summed E-state index contributed by atoms with van der Waals surface area (Å²) in [7, 11) is 0. The molecule has 1 saturated heterocycles. The lowest BCUT2D eigenvalue weighted by Crippen LogP contribution is -2.61. The van der Waals surface area contributed by atoms with E-state index in [-0.39, 0.29) is 17.0 Å². The van der Waals surface area contributed by atoms with E-state index in [0.29, 0.717) is 5.82 Å². The lowest BCUT2D eigenvalue weighted by atomic mass is 9.79. The summed E-state index contributed by atoms with van der Waals surface area (Å²) < 4.78 is 0. The van der Waals surface area contributed by atoms with Crippen molar-refractivity contribution in [2.75, 3.05) is 0 Å². The van der Waals surface area contributed by atoms with Crippen molar-refractivity contribution in [3.05, 3.63) is 18.2 Å². The average molecular weight is 235 g/mol. The highest BCUT2D eigenvalue weighted by atomic mass is 16.2. The van der Waals surface area contributed by atoms with Gasteiger partial charge >= 0.3 is 0 Å². The quantitative estimate of drug-likeness (QED) is 0.813. The van der Waals surface area contributed by atoms with Crippen LogP contribution in [0.1, 0.15) is 57.6 Å². The van der Waals surface area contributed by atoms with Crippen molar-refractivity contribution in [1.29, 1.82) is 0 Å². The van der Waals surface area contributed by atoms with Crippen molar-refractivity contribution < 1.29 is 4.79 Å². The summed E-state index contributed by atoms with van der Waals surface area (Å²) >= 11 is 0. The number of rotatable bonds is 1. The van der Waals surface area contributed by atoms with Crippen LogP contribution in [0, 0.1) is 0 Å². The summed E-state index contributed by atoms with van der Waals surface area (Å²) in [5.74, 6) is 0.442. The van der Waals surface area contributed by atoms with E-state index in [2.05, 4.69) is 37.7 Å². The number of aromatic amines is 1. The summed E-state index contributed by atoms with van der Waals surface area (Å²) in [6, 6.07) is 0. The van der Waals surface area contributed by atoms with Crippen LogP contribution in [0.4, 0.5) is 0 Å². The number of carbonyl (C=O) groups is 1. The highest BCUT2D eigenvalue weighted by Gasteiger charge is 2.44. The predicted octanol–water partition coefficient (Wildman–Crippen LogP) is 2.59. The minimum absolute atomic E-state index is 0.00435. The van der Waals surface area contributed by atoms with E-state index in [1.807, 2.05) is 4.90 Å². The molecule has 1 aromatic heterocycles. The van der Waals surface area contributed by atoms with Crippen LogP contribution in [0.15, 0.2) is 12.4 Å². The summed E-state index contributed by atoms with van der Waals surface area (Å²) in [6.45, 7) is 8.53. The highest BCUT2D eigenvalue weighted by molar-refractivity contribution is 5.91. The van der Waals surface area contributed by atoms with Gasteiger partial charge in [-0.15, -0.1) is 0 Å². The molecular weight excluding hydrogens is 214 g/mol. The third-order valence-corrected chi connectivity index (χ3v) is 3.69. The molecule has 0 aromatic carbocycles. The monoisotopic (exact) mass is 235 g/mol. The third-order valence-electron chi connectivity index (χ3n) is 3.69. The predicted molar refractivity (Wildman–Crippen MR) is 66.8 cm³/mol. The molecule has 1 aliphatic rings. The van der Waals surface area contributed by atoms with Gasteiger partial charge < -0.3 is 9.88 Å². The molecule has 0 saturated carbocycles.